The van der Waals surface area contributed by atoms with Gasteiger partial charge in [-0.2, -0.15) is 0 Å². The Morgan fingerprint density at radius 1 is 1.18 bits per heavy atom. The molecule has 1 heterocycles. The van der Waals surface area contributed by atoms with Crippen LogP contribution in [-0.2, 0) is 0 Å². The molecule has 17 heavy (non-hydrogen) atoms. The first-order chi connectivity index (χ1) is 7.91. The second-order valence-corrected chi connectivity index (χ2v) is 6.87. The first-order valence-corrected chi connectivity index (χ1v) is 7.33. The van der Waals surface area contributed by atoms with Gasteiger partial charge >= 0.3 is 0 Å². The van der Waals surface area contributed by atoms with Crippen LogP contribution in [0.3, 0.4) is 0 Å². The Labute approximate surface area is 107 Å². The molecule has 2 aliphatic rings. The van der Waals surface area contributed by atoms with Gasteiger partial charge in [0, 0.05) is 18.6 Å². The maximum absolute atomic E-state index is 4.12. The Morgan fingerprint density at radius 2 is 1.82 bits per heavy atom. The summed E-state index contributed by atoms with van der Waals surface area (Å²) in [5, 5.41) is 0. The highest BCUT2D eigenvalue weighted by Gasteiger charge is 2.47. The lowest BCUT2D eigenvalue weighted by Crippen LogP contribution is -2.43. The Bertz CT molecular complexity index is 294. The summed E-state index contributed by atoms with van der Waals surface area (Å²) in [5.74, 6) is 3.67. The summed E-state index contributed by atoms with van der Waals surface area (Å²) < 4.78 is 0. The van der Waals surface area contributed by atoms with E-state index in [2.05, 4.69) is 46.1 Å². The van der Waals surface area contributed by atoms with Crippen LogP contribution >= 0.6 is 0 Å². The average Bonchev–Trinajstić information content (AvgIpc) is 2.85. The van der Waals surface area contributed by atoms with Crippen LogP contribution < -0.4 is 0 Å². The molecule has 0 amide bonds. The molecule has 5 atom stereocenters. The molecule has 0 N–H and O–H groups in total. The van der Waals surface area contributed by atoms with E-state index in [1.54, 1.807) is 0 Å². The smallest absolute Gasteiger partial charge is 0.0276 e. The van der Waals surface area contributed by atoms with Crippen LogP contribution in [0.5, 0.6) is 0 Å². The third-order valence-electron chi connectivity index (χ3n) is 5.58. The van der Waals surface area contributed by atoms with E-state index < -0.39 is 0 Å². The standard InChI is InChI=1S/C16H29N/c1-10(2)12(5)16-8-15-7-14(16)9-17(15)13(6)11(3)4/h10,12-16H,3,7-9H2,1-2,4-6H3/t12?,13?,14-,15-,16?/m1/s1. The molecule has 1 aliphatic carbocycles. The molecular formula is C16H29N. The molecule has 2 bridgehead atoms. The molecule has 0 aromatic rings. The van der Waals surface area contributed by atoms with E-state index in [1.807, 2.05) is 0 Å². The number of fused-ring (bicyclic) bond motifs is 2. The van der Waals surface area contributed by atoms with Crippen molar-refractivity contribution in [2.45, 2.75) is 59.5 Å². The molecule has 1 aliphatic heterocycles. The Kier molecular flexibility index (Phi) is 3.68. The lowest BCUT2D eigenvalue weighted by Gasteiger charge is -2.39. The highest BCUT2D eigenvalue weighted by atomic mass is 15.2. The van der Waals surface area contributed by atoms with E-state index in [0.717, 1.165) is 29.7 Å². The molecule has 0 spiro atoms. The number of hydrogen-bond donors (Lipinski definition) is 0. The van der Waals surface area contributed by atoms with Crippen LogP contribution in [0.1, 0.15) is 47.5 Å². The number of hydrogen-bond acceptors (Lipinski definition) is 1. The highest BCUT2D eigenvalue weighted by molar-refractivity contribution is 5.08. The van der Waals surface area contributed by atoms with Crippen LogP contribution in [0, 0.1) is 23.7 Å². The Balaban J connectivity index is 1.98. The predicted octanol–water partition coefficient (Wildman–Crippen LogP) is 3.95. The Hall–Kier alpha value is -0.300. The zero-order valence-electron chi connectivity index (χ0n) is 12.2. The first kappa shape index (κ1) is 13.1. The molecule has 3 unspecified atom stereocenters. The van der Waals surface area contributed by atoms with Crippen molar-refractivity contribution in [2.75, 3.05) is 6.54 Å². The molecule has 2 fully saturated rings. The third kappa shape index (κ3) is 2.31. The average molecular weight is 235 g/mol. The summed E-state index contributed by atoms with van der Waals surface area (Å²) >= 11 is 0. The molecule has 1 saturated carbocycles. The topological polar surface area (TPSA) is 3.24 Å². The summed E-state index contributed by atoms with van der Waals surface area (Å²) in [6.07, 6.45) is 2.88. The fraction of sp³-hybridized carbons (Fsp3) is 0.875. The van der Waals surface area contributed by atoms with Gasteiger partial charge in [-0.05, 0) is 50.4 Å². The molecule has 1 heteroatoms. The van der Waals surface area contributed by atoms with E-state index in [-0.39, 0.29) is 0 Å². The minimum atomic E-state index is 0.584. The van der Waals surface area contributed by atoms with E-state index >= 15 is 0 Å². The molecule has 0 aromatic carbocycles. The zero-order valence-corrected chi connectivity index (χ0v) is 12.2. The van der Waals surface area contributed by atoms with Gasteiger partial charge in [0.1, 0.15) is 0 Å². The lowest BCUT2D eigenvalue weighted by molar-refractivity contribution is 0.108. The number of piperidine rings is 1. The third-order valence-corrected chi connectivity index (χ3v) is 5.58. The number of rotatable bonds is 4. The second-order valence-electron chi connectivity index (χ2n) is 6.87. The SMILES string of the molecule is C=C(C)C(C)N1C[C@H]2C[C@@H]1CC2C(C)C(C)C. The van der Waals surface area contributed by atoms with Crippen molar-refractivity contribution in [3.63, 3.8) is 0 Å². The van der Waals surface area contributed by atoms with Crippen molar-refractivity contribution >= 4 is 0 Å². The number of nitrogens with zero attached hydrogens (tertiary/aromatic N) is 1. The monoisotopic (exact) mass is 235 g/mol. The van der Waals surface area contributed by atoms with Gasteiger partial charge in [-0.1, -0.05) is 32.9 Å². The highest BCUT2D eigenvalue weighted by Crippen LogP contribution is 2.48. The Morgan fingerprint density at radius 3 is 2.24 bits per heavy atom. The molecule has 1 saturated heterocycles. The van der Waals surface area contributed by atoms with Crippen LogP contribution in [0.4, 0.5) is 0 Å². The molecule has 1 nitrogen and oxygen atoms in total. The molecule has 0 radical (unpaired) electrons. The fourth-order valence-electron chi connectivity index (χ4n) is 3.92. The van der Waals surface area contributed by atoms with Gasteiger partial charge < -0.3 is 0 Å². The van der Waals surface area contributed by atoms with Gasteiger partial charge in [0.2, 0.25) is 0 Å². The summed E-state index contributed by atoms with van der Waals surface area (Å²) in [5.41, 5.74) is 1.33. The lowest BCUT2D eigenvalue weighted by atomic mass is 9.77. The van der Waals surface area contributed by atoms with Crippen molar-refractivity contribution in [1.82, 2.24) is 4.90 Å². The van der Waals surface area contributed by atoms with Gasteiger partial charge in [-0.3, -0.25) is 4.90 Å². The maximum Gasteiger partial charge on any atom is 0.0276 e. The quantitative estimate of drug-likeness (QED) is 0.667. The van der Waals surface area contributed by atoms with Crippen molar-refractivity contribution < 1.29 is 0 Å². The summed E-state index contributed by atoms with van der Waals surface area (Å²) in [6, 6.07) is 1.43. The zero-order chi connectivity index (χ0) is 12.7. The van der Waals surface area contributed by atoms with Crippen molar-refractivity contribution in [3.05, 3.63) is 12.2 Å². The van der Waals surface area contributed by atoms with Crippen molar-refractivity contribution in [2.24, 2.45) is 23.7 Å². The van der Waals surface area contributed by atoms with E-state index in [9.17, 15) is 0 Å². The molecule has 0 aromatic heterocycles. The minimum absolute atomic E-state index is 0.584. The molecular weight excluding hydrogens is 206 g/mol. The fourth-order valence-corrected chi connectivity index (χ4v) is 3.92. The summed E-state index contributed by atoms with van der Waals surface area (Å²) in [7, 11) is 0. The normalized spacial score (nSPS) is 36.5. The largest absolute Gasteiger partial charge is 0.294 e. The predicted molar refractivity (Wildman–Crippen MR) is 75.0 cm³/mol. The van der Waals surface area contributed by atoms with Gasteiger partial charge in [-0.15, -0.1) is 0 Å². The second kappa shape index (κ2) is 4.76. The maximum atomic E-state index is 4.12. The minimum Gasteiger partial charge on any atom is -0.294 e. The van der Waals surface area contributed by atoms with Gasteiger partial charge in [0.05, 0.1) is 0 Å². The molecule has 2 rings (SSSR count). The van der Waals surface area contributed by atoms with Crippen molar-refractivity contribution in [1.29, 1.82) is 0 Å². The van der Waals surface area contributed by atoms with Gasteiger partial charge in [0.15, 0.2) is 0 Å². The van der Waals surface area contributed by atoms with Crippen LogP contribution in [0.2, 0.25) is 0 Å². The summed E-state index contributed by atoms with van der Waals surface area (Å²) in [6.45, 7) is 17.2. The van der Waals surface area contributed by atoms with Crippen LogP contribution in [0.25, 0.3) is 0 Å². The number of likely N-dealkylation sites (tertiary alicyclic amines) is 1. The van der Waals surface area contributed by atoms with E-state index in [1.165, 1.54) is 25.0 Å². The van der Waals surface area contributed by atoms with E-state index in [4.69, 9.17) is 0 Å². The van der Waals surface area contributed by atoms with Gasteiger partial charge in [0.25, 0.3) is 0 Å². The molecule has 98 valence electrons. The first-order valence-electron chi connectivity index (χ1n) is 7.33. The van der Waals surface area contributed by atoms with E-state index in [0.29, 0.717) is 6.04 Å². The van der Waals surface area contributed by atoms with Crippen molar-refractivity contribution in [3.8, 4) is 0 Å². The van der Waals surface area contributed by atoms with Crippen LogP contribution in [-0.4, -0.2) is 23.5 Å². The van der Waals surface area contributed by atoms with Gasteiger partial charge in [-0.25, -0.2) is 0 Å². The van der Waals surface area contributed by atoms with Crippen LogP contribution in [0.15, 0.2) is 12.2 Å². The summed E-state index contributed by atoms with van der Waals surface area (Å²) in [4.78, 5) is 2.70.